The van der Waals surface area contributed by atoms with Gasteiger partial charge in [-0.25, -0.2) is 9.59 Å². The fourth-order valence-electron chi connectivity index (χ4n) is 5.61. The molecule has 4 N–H and O–H groups in total. The second kappa shape index (κ2) is 12.4. The Hall–Kier alpha value is -4.07. The van der Waals surface area contributed by atoms with Gasteiger partial charge in [-0.3, -0.25) is 4.79 Å². The standard InChI is InChI=1S/C32H39N3O5/c1-5-15-40-24-16-20(2)27(21(3)17-24)34-31(39)33-26-19-23-12-8-7-11-22(23)18-25(26)29(36)35-28(30(37)38)32(4)13-9-6-10-14-32/h7-8,11-12,16-19,28H,5-6,9-10,13-15H2,1-4H3,(H,35,36)(H,37,38)(H2,33,34,39)/t28-/m1/s1. The summed E-state index contributed by atoms with van der Waals surface area (Å²) in [6.45, 7) is 8.38. The van der Waals surface area contributed by atoms with Crippen LogP contribution in [0.4, 0.5) is 16.2 Å². The number of hydrogen-bond donors (Lipinski definition) is 4. The number of aliphatic carboxylic acids is 1. The van der Waals surface area contributed by atoms with E-state index in [2.05, 4.69) is 16.0 Å². The molecule has 8 heteroatoms. The number of nitrogens with one attached hydrogen (secondary N) is 3. The zero-order chi connectivity index (χ0) is 28.9. The summed E-state index contributed by atoms with van der Waals surface area (Å²) in [5, 5.41) is 20.2. The second-order valence-corrected chi connectivity index (χ2v) is 11.1. The van der Waals surface area contributed by atoms with Crippen molar-refractivity contribution in [3.63, 3.8) is 0 Å². The van der Waals surface area contributed by atoms with Crippen molar-refractivity contribution in [2.24, 2.45) is 5.41 Å². The first kappa shape index (κ1) is 28.9. The number of rotatable bonds is 9. The van der Waals surface area contributed by atoms with Crippen LogP contribution in [0.3, 0.4) is 0 Å². The molecule has 0 spiro atoms. The summed E-state index contributed by atoms with van der Waals surface area (Å²) in [5.41, 5.74) is 2.32. The summed E-state index contributed by atoms with van der Waals surface area (Å²) >= 11 is 0. The van der Waals surface area contributed by atoms with Crippen LogP contribution in [0.2, 0.25) is 0 Å². The van der Waals surface area contributed by atoms with Crippen molar-refractivity contribution in [3.05, 3.63) is 65.2 Å². The summed E-state index contributed by atoms with van der Waals surface area (Å²) < 4.78 is 5.74. The van der Waals surface area contributed by atoms with E-state index in [1.54, 1.807) is 12.1 Å². The Morgan fingerprint density at radius 1 is 0.950 bits per heavy atom. The summed E-state index contributed by atoms with van der Waals surface area (Å²) in [6, 6.07) is 13.2. The molecule has 4 rings (SSSR count). The fraction of sp³-hybridized carbons (Fsp3) is 0.406. The highest BCUT2D eigenvalue weighted by molar-refractivity contribution is 6.10. The van der Waals surface area contributed by atoms with Crippen molar-refractivity contribution in [1.29, 1.82) is 0 Å². The predicted molar refractivity (Wildman–Crippen MR) is 158 cm³/mol. The van der Waals surface area contributed by atoms with Crippen molar-refractivity contribution < 1.29 is 24.2 Å². The minimum absolute atomic E-state index is 0.205. The van der Waals surface area contributed by atoms with Gasteiger partial charge in [-0.1, -0.05) is 57.4 Å². The Morgan fingerprint density at radius 2 is 1.57 bits per heavy atom. The lowest BCUT2D eigenvalue weighted by molar-refractivity contribution is -0.143. The van der Waals surface area contributed by atoms with Crippen molar-refractivity contribution in [1.82, 2.24) is 5.32 Å². The first-order valence-corrected chi connectivity index (χ1v) is 14.0. The van der Waals surface area contributed by atoms with Crippen LogP contribution in [0.1, 0.15) is 73.9 Å². The van der Waals surface area contributed by atoms with Crippen molar-refractivity contribution in [2.75, 3.05) is 17.2 Å². The number of fused-ring (bicyclic) bond motifs is 1. The van der Waals surface area contributed by atoms with Crippen LogP contribution in [0.5, 0.6) is 5.75 Å². The number of carboxylic acids is 1. The van der Waals surface area contributed by atoms with Gasteiger partial charge < -0.3 is 25.8 Å². The number of urea groups is 1. The van der Waals surface area contributed by atoms with Crippen LogP contribution < -0.4 is 20.7 Å². The van der Waals surface area contributed by atoms with E-state index in [9.17, 15) is 19.5 Å². The molecule has 3 aromatic rings. The molecule has 0 heterocycles. The van der Waals surface area contributed by atoms with Crippen LogP contribution in [-0.2, 0) is 4.79 Å². The quantitative estimate of drug-likeness (QED) is 0.230. The number of benzene rings is 3. The third-order valence-corrected chi connectivity index (χ3v) is 7.81. The van der Waals surface area contributed by atoms with Gasteiger partial charge in [-0.15, -0.1) is 0 Å². The third-order valence-electron chi connectivity index (χ3n) is 7.81. The normalized spacial score (nSPS) is 15.2. The maximum Gasteiger partial charge on any atom is 0.326 e. The monoisotopic (exact) mass is 545 g/mol. The van der Waals surface area contributed by atoms with Crippen molar-refractivity contribution in [2.45, 2.75) is 72.3 Å². The minimum Gasteiger partial charge on any atom is -0.494 e. The van der Waals surface area contributed by atoms with E-state index in [0.29, 0.717) is 18.0 Å². The van der Waals surface area contributed by atoms with Gasteiger partial charge in [0.25, 0.3) is 5.91 Å². The van der Waals surface area contributed by atoms with E-state index in [1.807, 2.05) is 64.1 Å². The SMILES string of the molecule is CCCOc1cc(C)c(NC(=O)Nc2cc3ccccc3cc2C(=O)N[C@H](C(=O)O)C2(C)CCCCC2)c(C)c1. The lowest BCUT2D eigenvalue weighted by Crippen LogP contribution is -2.52. The average molecular weight is 546 g/mol. The number of carbonyl (C=O) groups excluding carboxylic acids is 2. The summed E-state index contributed by atoms with van der Waals surface area (Å²) in [4.78, 5) is 39.1. The van der Waals surface area contributed by atoms with Gasteiger partial charge in [0.05, 0.1) is 17.9 Å². The van der Waals surface area contributed by atoms with E-state index < -0.39 is 29.4 Å². The Bertz CT molecular complexity index is 1390. The third kappa shape index (κ3) is 6.55. The topological polar surface area (TPSA) is 117 Å². The molecule has 1 aliphatic rings. The van der Waals surface area contributed by atoms with Crippen LogP contribution in [0, 0.1) is 19.3 Å². The molecular weight excluding hydrogens is 506 g/mol. The zero-order valence-electron chi connectivity index (χ0n) is 23.7. The van der Waals surface area contributed by atoms with Gasteiger partial charge in [0.15, 0.2) is 0 Å². The van der Waals surface area contributed by atoms with E-state index in [4.69, 9.17) is 4.74 Å². The highest BCUT2D eigenvalue weighted by Gasteiger charge is 2.41. The van der Waals surface area contributed by atoms with Crippen molar-refractivity contribution >= 4 is 40.1 Å². The number of anilines is 2. The molecule has 0 aliphatic heterocycles. The van der Waals surface area contributed by atoms with Crippen LogP contribution >= 0.6 is 0 Å². The van der Waals surface area contributed by atoms with Gasteiger partial charge in [-0.05, 0) is 84.7 Å². The average Bonchev–Trinajstić information content (AvgIpc) is 2.92. The summed E-state index contributed by atoms with van der Waals surface area (Å²) in [5.74, 6) is -0.843. The minimum atomic E-state index is -1.05. The van der Waals surface area contributed by atoms with Crippen LogP contribution in [-0.4, -0.2) is 35.7 Å². The Morgan fingerprint density at radius 3 is 2.17 bits per heavy atom. The number of carboxylic acid groups (broad SMARTS) is 1. The predicted octanol–water partition coefficient (Wildman–Crippen LogP) is 7.04. The lowest BCUT2D eigenvalue weighted by Gasteiger charge is -2.38. The summed E-state index contributed by atoms with van der Waals surface area (Å²) in [6.07, 6.45) is 5.30. The first-order chi connectivity index (χ1) is 19.1. The van der Waals surface area contributed by atoms with E-state index >= 15 is 0 Å². The van der Waals surface area contributed by atoms with Gasteiger partial charge in [0, 0.05) is 5.69 Å². The molecule has 3 amide bonds. The largest absolute Gasteiger partial charge is 0.494 e. The molecule has 212 valence electrons. The van der Waals surface area contributed by atoms with Gasteiger partial charge in [0.1, 0.15) is 11.8 Å². The maximum atomic E-state index is 13.6. The maximum absolute atomic E-state index is 13.6. The number of amides is 3. The molecule has 1 fully saturated rings. The lowest BCUT2D eigenvalue weighted by atomic mass is 9.70. The molecule has 3 aromatic carbocycles. The van der Waals surface area contributed by atoms with Gasteiger partial charge >= 0.3 is 12.0 Å². The number of hydrogen-bond acceptors (Lipinski definition) is 4. The molecule has 0 bridgehead atoms. The molecule has 0 aromatic heterocycles. The molecule has 1 aliphatic carbocycles. The molecule has 1 saturated carbocycles. The van der Waals surface area contributed by atoms with E-state index in [-0.39, 0.29) is 5.56 Å². The van der Waals surface area contributed by atoms with Crippen molar-refractivity contribution in [3.8, 4) is 5.75 Å². The Balaban J connectivity index is 1.61. The number of ether oxygens (including phenoxy) is 1. The number of aryl methyl sites for hydroxylation is 2. The molecule has 40 heavy (non-hydrogen) atoms. The Labute approximate surface area is 235 Å². The Kier molecular flexibility index (Phi) is 8.97. The molecule has 1 atom stereocenters. The van der Waals surface area contributed by atoms with Gasteiger partial charge in [0.2, 0.25) is 0 Å². The molecular formula is C32H39N3O5. The molecule has 0 saturated heterocycles. The number of carbonyl (C=O) groups is 3. The van der Waals surface area contributed by atoms with E-state index in [0.717, 1.165) is 66.2 Å². The highest BCUT2D eigenvalue weighted by Crippen LogP contribution is 2.39. The smallest absolute Gasteiger partial charge is 0.326 e. The molecule has 0 unspecified atom stereocenters. The van der Waals surface area contributed by atoms with Crippen LogP contribution in [0.25, 0.3) is 10.8 Å². The summed E-state index contributed by atoms with van der Waals surface area (Å²) in [7, 11) is 0. The fourth-order valence-corrected chi connectivity index (χ4v) is 5.61. The highest BCUT2D eigenvalue weighted by atomic mass is 16.5. The van der Waals surface area contributed by atoms with E-state index in [1.165, 1.54) is 0 Å². The van der Waals surface area contributed by atoms with Gasteiger partial charge in [-0.2, -0.15) is 0 Å². The second-order valence-electron chi connectivity index (χ2n) is 11.1. The van der Waals surface area contributed by atoms with Crippen LogP contribution in [0.15, 0.2) is 48.5 Å². The molecule has 8 nitrogen and oxygen atoms in total. The first-order valence-electron chi connectivity index (χ1n) is 14.0. The zero-order valence-corrected chi connectivity index (χ0v) is 23.7. The molecule has 0 radical (unpaired) electrons.